The Kier molecular flexibility index (Phi) is 4.45. The Balaban J connectivity index is 1.75. The quantitative estimate of drug-likeness (QED) is 0.650. The van der Waals surface area contributed by atoms with Gasteiger partial charge in [-0.1, -0.05) is 5.16 Å². The average Bonchev–Trinajstić information content (AvgIpc) is 3.17. The zero-order valence-electron chi connectivity index (χ0n) is 12.3. The van der Waals surface area contributed by atoms with E-state index in [0.29, 0.717) is 19.1 Å². The standard InChI is InChI=1S/C15H15N3O3S/c1-10-12(8-17-21-10)13-9-22-15(18-13)11-3-4-14(16-7-11)20-6-5-19-2/h3-4,7-9H,5-6H2,1-2H3. The first-order valence-corrected chi connectivity index (χ1v) is 7.61. The van der Waals surface area contributed by atoms with E-state index in [0.717, 1.165) is 27.6 Å². The van der Waals surface area contributed by atoms with E-state index in [1.54, 1.807) is 30.8 Å². The molecule has 0 amide bonds. The average molecular weight is 317 g/mol. The third kappa shape index (κ3) is 3.15. The summed E-state index contributed by atoms with van der Waals surface area (Å²) < 4.78 is 15.4. The first-order chi connectivity index (χ1) is 10.8. The third-order valence-corrected chi connectivity index (χ3v) is 3.94. The molecule has 0 bridgehead atoms. The van der Waals surface area contributed by atoms with E-state index in [2.05, 4.69) is 15.1 Å². The van der Waals surface area contributed by atoms with Crippen molar-refractivity contribution in [2.75, 3.05) is 20.3 Å². The molecule has 0 aromatic carbocycles. The second kappa shape index (κ2) is 6.67. The maximum atomic E-state index is 5.44. The Labute approximate surface area is 131 Å². The van der Waals surface area contributed by atoms with Gasteiger partial charge in [0.05, 0.1) is 24.1 Å². The van der Waals surface area contributed by atoms with Crippen molar-refractivity contribution in [3.63, 3.8) is 0 Å². The van der Waals surface area contributed by atoms with Gasteiger partial charge in [-0.25, -0.2) is 9.97 Å². The molecule has 3 aromatic heterocycles. The largest absolute Gasteiger partial charge is 0.475 e. The molecule has 0 aliphatic rings. The third-order valence-electron chi connectivity index (χ3n) is 3.05. The molecule has 0 fully saturated rings. The molecule has 3 rings (SSSR count). The lowest BCUT2D eigenvalue weighted by atomic mass is 10.2. The van der Waals surface area contributed by atoms with E-state index < -0.39 is 0 Å². The molecule has 22 heavy (non-hydrogen) atoms. The first-order valence-electron chi connectivity index (χ1n) is 6.73. The maximum absolute atomic E-state index is 5.44. The van der Waals surface area contributed by atoms with Gasteiger partial charge in [-0.15, -0.1) is 11.3 Å². The van der Waals surface area contributed by atoms with Crippen LogP contribution in [0.1, 0.15) is 5.76 Å². The normalized spacial score (nSPS) is 10.8. The number of pyridine rings is 1. The summed E-state index contributed by atoms with van der Waals surface area (Å²) >= 11 is 1.56. The lowest BCUT2D eigenvalue weighted by Crippen LogP contribution is -2.05. The highest BCUT2D eigenvalue weighted by atomic mass is 32.1. The number of thiazole rings is 1. The summed E-state index contributed by atoms with van der Waals surface area (Å²) in [7, 11) is 1.64. The van der Waals surface area contributed by atoms with Gasteiger partial charge in [0.15, 0.2) is 0 Å². The molecule has 0 N–H and O–H groups in total. The molecule has 0 spiro atoms. The minimum absolute atomic E-state index is 0.483. The zero-order valence-corrected chi connectivity index (χ0v) is 13.1. The number of rotatable bonds is 6. The van der Waals surface area contributed by atoms with E-state index in [4.69, 9.17) is 14.0 Å². The van der Waals surface area contributed by atoms with Crippen LogP contribution in [0.15, 0.2) is 34.4 Å². The van der Waals surface area contributed by atoms with Crippen molar-refractivity contribution in [2.45, 2.75) is 6.92 Å². The van der Waals surface area contributed by atoms with Gasteiger partial charge < -0.3 is 14.0 Å². The minimum atomic E-state index is 0.483. The van der Waals surface area contributed by atoms with Crippen molar-refractivity contribution in [3.05, 3.63) is 35.7 Å². The van der Waals surface area contributed by atoms with Crippen molar-refractivity contribution >= 4 is 11.3 Å². The first kappa shape index (κ1) is 14.7. The van der Waals surface area contributed by atoms with E-state index in [9.17, 15) is 0 Å². The van der Waals surface area contributed by atoms with Crippen molar-refractivity contribution in [2.24, 2.45) is 0 Å². The van der Waals surface area contributed by atoms with Crippen LogP contribution >= 0.6 is 11.3 Å². The molecule has 0 saturated carbocycles. The SMILES string of the molecule is COCCOc1ccc(-c2nc(-c3cnoc3C)cs2)cn1. The number of aryl methyl sites for hydroxylation is 1. The highest BCUT2D eigenvalue weighted by molar-refractivity contribution is 7.13. The summed E-state index contributed by atoms with van der Waals surface area (Å²) in [5.74, 6) is 1.34. The molecule has 0 radical (unpaired) electrons. The van der Waals surface area contributed by atoms with Crippen molar-refractivity contribution < 1.29 is 14.0 Å². The fourth-order valence-electron chi connectivity index (χ4n) is 1.90. The summed E-state index contributed by atoms with van der Waals surface area (Å²) in [6.07, 6.45) is 3.43. The number of hydrogen-bond donors (Lipinski definition) is 0. The molecule has 0 atom stereocenters. The van der Waals surface area contributed by atoms with Crippen molar-refractivity contribution in [3.8, 4) is 27.7 Å². The zero-order chi connectivity index (χ0) is 15.4. The van der Waals surface area contributed by atoms with Gasteiger partial charge in [0.1, 0.15) is 17.4 Å². The summed E-state index contributed by atoms with van der Waals surface area (Å²) in [5, 5.41) is 6.66. The van der Waals surface area contributed by atoms with Crippen LogP contribution < -0.4 is 4.74 Å². The van der Waals surface area contributed by atoms with Crippen LogP contribution in [-0.4, -0.2) is 35.4 Å². The Hall–Kier alpha value is -2.25. The molecule has 0 aliphatic heterocycles. The number of ether oxygens (including phenoxy) is 2. The minimum Gasteiger partial charge on any atom is -0.475 e. The number of methoxy groups -OCH3 is 1. The smallest absolute Gasteiger partial charge is 0.213 e. The summed E-state index contributed by atoms with van der Waals surface area (Å²) in [4.78, 5) is 8.88. The molecular weight excluding hydrogens is 302 g/mol. The fourth-order valence-corrected chi connectivity index (χ4v) is 2.71. The Bertz CT molecular complexity index is 737. The number of nitrogens with zero attached hydrogens (tertiary/aromatic N) is 3. The Morgan fingerprint density at radius 3 is 2.82 bits per heavy atom. The molecule has 3 heterocycles. The highest BCUT2D eigenvalue weighted by Gasteiger charge is 2.11. The monoisotopic (exact) mass is 317 g/mol. The molecule has 0 unspecified atom stereocenters. The number of aromatic nitrogens is 3. The van der Waals surface area contributed by atoms with Crippen molar-refractivity contribution in [1.82, 2.24) is 15.1 Å². The van der Waals surface area contributed by atoms with Crippen LogP contribution in [0, 0.1) is 6.92 Å². The van der Waals surface area contributed by atoms with Crippen LogP contribution in [0.25, 0.3) is 21.8 Å². The van der Waals surface area contributed by atoms with Gasteiger partial charge in [-0.3, -0.25) is 0 Å². The number of hydrogen-bond acceptors (Lipinski definition) is 7. The van der Waals surface area contributed by atoms with Gasteiger partial charge >= 0.3 is 0 Å². The molecule has 114 valence electrons. The van der Waals surface area contributed by atoms with E-state index in [1.165, 1.54) is 0 Å². The maximum Gasteiger partial charge on any atom is 0.213 e. The van der Waals surface area contributed by atoms with Gasteiger partial charge in [0.25, 0.3) is 0 Å². The van der Waals surface area contributed by atoms with Gasteiger partial charge in [0.2, 0.25) is 5.88 Å². The molecule has 7 heteroatoms. The predicted molar refractivity (Wildman–Crippen MR) is 83.0 cm³/mol. The molecule has 0 saturated heterocycles. The van der Waals surface area contributed by atoms with Crippen LogP contribution in [0.3, 0.4) is 0 Å². The molecule has 6 nitrogen and oxygen atoms in total. The Morgan fingerprint density at radius 1 is 1.23 bits per heavy atom. The lowest BCUT2D eigenvalue weighted by Gasteiger charge is -2.04. The van der Waals surface area contributed by atoms with Gasteiger partial charge in [0, 0.05) is 30.3 Å². The molecular formula is C15H15N3O3S. The molecule has 3 aromatic rings. The second-order valence-electron chi connectivity index (χ2n) is 4.56. The summed E-state index contributed by atoms with van der Waals surface area (Å²) in [5.41, 5.74) is 2.72. The van der Waals surface area contributed by atoms with Gasteiger partial charge in [-0.05, 0) is 13.0 Å². The van der Waals surface area contributed by atoms with Crippen LogP contribution in [-0.2, 0) is 4.74 Å². The van der Waals surface area contributed by atoms with Crippen LogP contribution in [0.4, 0.5) is 0 Å². The van der Waals surface area contributed by atoms with E-state index in [1.807, 2.05) is 24.4 Å². The van der Waals surface area contributed by atoms with Crippen LogP contribution in [0.2, 0.25) is 0 Å². The topological polar surface area (TPSA) is 70.3 Å². The fraction of sp³-hybridized carbons (Fsp3) is 0.267. The van der Waals surface area contributed by atoms with Gasteiger partial charge in [-0.2, -0.15) is 0 Å². The Morgan fingerprint density at radius 2 is 2.14 bits per heavy atom. The van der Waals surface area contributed by atoms with E-state index >= 15 is 0 Å². The molecule has 0 aliphatic carbocycles. The van der Waals surface area contributed by atoms with E-state index in [-0.39, 0.29) is 0 Å². The summed E-state index contributed by atoms with van der Waals surface area (Å²) in [6.45, 7) is 2.89. The second-order valence-corrected chi connectivity index (χ2v) is 5.42. The summed E-state index contributed by atoms with van der Waals surface area (Å²) in [6, 6.07) is 3.77. The predicted octanol–water partition coefficient (Wildman–Crippen LogP) is 3.19. The lowest BCUT2D eigenvalue weighted by molar-refractivity contribution is 0.144. The van der Waals surface area contributed by atoms with Crippen molar-refractivity contribution in [1.29, 1.82) is 0 Å². The highest BCUT2D eigenvalue weighted by Crippen LogP contribution is 2.30. The van der Waals surface area contributed by atoms with Crippen LogP contribution in [0.5, 0.6) is 5.88 Å².